The quantitative estimate of drug-likeness (QED) is 0.0631. The molecule has 0 aromatic rings. The number of nitrogens with two attached hydrogens (primary N) is 3. The first-order chi connectivity index (χ1) is 13.7. The Morgan fingerprint density at radius 1 is 1.14 bits per heavy atom. The van der Waals surface area contributed by atoms with Crippen LogP contribution in [0.25, 0.3) is 0 Å². The molecular formula is C16H27N7O5S. The number of carboxylic acid groups (broad SMARTS) is 1. The molecule has 0 aromatic heterocycles. The molecule has 12 nitrogen and oxygen atoms in total. The van der Waals surface area contributed by atoms with Crippen molar-refractivity contribution in [3.8, 4) is 12.3 Å². The van der Waals surface area contributed by atoms with Gasteiger partial charge < -0.3 is 38.3 Å². The zero-order chi connectivity index (χ0) is 22.2. The SMILES string of the molecule is C#CCSC[C@H](NC(=O)CNC(=O)CNC(=O)[C@@H](N)CCCN=C(N)N)C(=O)O. The molecule has 2 atom stereocenters. The molecule has 29 heavy (non-hydrogen) atoms. The van der Waals surface area contributed by atoms with Crippen molar-refractivity contribution in [1.82, 2.24) is 16.0 Å². The zero-order valence-electron chi connectivity index (χ0n) is 15.8. The van der Waals surface area contributed by atoms with Gasteiger partial charge in [-0.3, -0.25) is 19.4 Å². The Bertz CT molecular complexity index is 646. The molecule has 0 rings (SSSR count). The Morgan fingerprint density at radius 3 is 2.38 bits per heavy atom. The number of thioether (sulfide) groups is 1. The molecule has 0 aliphatic rings. The summed E-state index contributed by atoms with van der Waals surface area (Å²) in [7, 11) is 0. The van der Waals surface area contributed by atoms with Crippen molar-refractivity contribution in [3.63, 3.8) is 0 Å². The molecule has 0 heterocycles. The van der Waals surface area contributed by atoms with Gasteiger partial charge >= 0.3 is 5.97 Å². The lowest BCUT2D eigenvalue weighted by Gasteiger charge is -2.14. The maximum absolute atomic E-state index is 11.8. The lowest BCUT2D eigenvalue weighted by atomic mass is 10.1. The molecule has 0 bridgehead atoms. The normalized spacial score (nSPS) is 12.0. The Hall–Kier alpha value is -2.98. The van der Waals surface area contributed by atoms with E-state index in [2.05, 4.69) is 26.9 Å². The minimum atomic E-state index is -1.21. The summed E-state index contributed by atoms with van der Waals surface area (Å²) in [6.45, 7) is -0.492. The number of hydrogen-bond donors (Lipinski definition) is 7. The van der Waals surface area contributed by atoms with Gasteiger partial charge in [0.1, 0.15) is 6.04 Å². The molecule has 0 aromatic carbocycles. The van der Waals surface area contributed by atoms with E-state index in [-0.39, 0.29) is 18.3 Å². The van der Waals surface area contributed by atoms with Crippen LogP contribution in [-0.4, -0.2) is 78.0 Å². The Balaban J connectivity index is 4.13. The van der Waals surface area contributed by atoms with E-state index in [9.17, 15) is 19.2 Å². The third kappa shape index (κ3) is 13.8. The first-order valence-corrected chi connectivity index (χ1v) is 9.71. The number of rotatable bonds is 14. The van der Waals surface area contributed by atoms with Crippen LogP contribution in [0.5, 0.6) is 0 Å². The topological polar surface area (TPSA) is 215 Å². The van der Waals surface area contributed by atoms with Crippen LogP contribution in [0.4, 0.5) is 0 Å². The van der Waals surface area contributed by atoms with Crippen molar-refractivity contribution in [2.75, 3.05) is 31.1 Å². The van der Waals surface area contributed by atoms with Crippen molar-refractivity contribution in [3.05, 3.63) is 0 Å². The molecule has 162 valence electrons. The van der Waals surface area contributed by atoms with Gasteiger partial charge in [0.05, 0.1) is 24.9 Å². The number of nitrogens with one attached hydrogen (secondary N) is 3. The van der Waals surface area contributed by atoms with Gasteiger partial charge in [-0.25, -0.2) is 4.79 Å². The summed E-state index contributed by atoms with van der Waals surface area (Å²) in [6, 6.07) is -1.97. The second-order valence-electron chi connectivity index (χ2n) is 5.73. The Labute approximate surface area is 172 Å². The molecule has 0 saturated heterocycles. The molecule has 0 aliphatic heterocycles. The second-order valence-corrected chi connectivity index (χ2v) is 6.76. The lowest BCUT2D eigenvalue weighted by molar-refractivity contribution is -0.141. The lowest BCUT2D eigenvalue weighted by Crippen LogP contribution is -2.49. The van der Waals surface area contributed by atoms with Gasteiger partial charge in [-0.2, -0.15) is 0 Å². The van der Waals surface area contributed by atoms with Gasteiger partial charge in [-0.15, -0.1) is 18.2 Å². The smallest absolute Gasteiger partial charge is 0.327 e. The number of guanidine groups is 1. The fourth-order valence-corrected chi connectivity index (χ4v) is 2.54. The number of terminal acetylenes is 1. The monoisotopic (exact) mass is 429 g/mol. The minimum Gasteiger partial charge on any atom is -0.480 e. The van der Waals surface area contributed by atoms with Crippen LogP contribution < -0.4 is 33.2 Å². The van der Waals surface area contributed by atoms with Crippen LogP contribution in [0, 0.1) is 12.3 Å². The molecule has 0 aliphatic carbocycles. The van der Waals surface area contributed by atoms with Gasteiger partial charge in [0.15, 0.2) is 5.96 Å². The average Bonchev–Trinajstić information content (AvgIpc) is 2.66. The summed E-state index contributed by atoms with van der Waals surface area (Å²) in [5.41, 5.74) is 16.0. The highest BCUT2D eigenvalue weighted by atomic mass is 32.2. The molecule has 0 saturated carbocycles. The van der Waals surface area contributed by atoms with Gasteiger partial charge in [-0.1, -0.05) is 5.92 Å². The second kappa shape index (κ2) is 15.0. The highest BCUT2D eigenvalue weighted by molar-refractivity contribution is 7.99. The number of hydrogen-bond acceptors (Lipinski definition) is 7. The first-order valence-electron chi connectivity index (χ1n) is 8.56. The fraction of sp³-hybridized carbons (Fsp3) is 0.562. The maximum atomic E-state index is 11.8. The van der Waals surface area contributed by atoms with E-state index < -0.39 is 42.3 Å². The maximum Gasteiger partial charge on any atom is 0.327 e. The predicted octanol–water partition coefficient (Wildman–Crippen LogP) is -3.46. The summed E-state index contributed by atoms with van der Waals surface area (Å²) < 4.78 is 0. The minimum absolute atomic E-state index is 0.0512. The molecule has 0 radical (unpaired) electrons. The Morgan fingerprint density at radius 2 is 1.79 bits per heavy atom. The molecule has 13 heteroatoms. The van der Waals surface area contributed by atoms with Crippen LogP contribution in [0.2, 0.25) is 0 Å². The van der Waals surface area contributed by atoms with E-state index in [1.807, 2.05) is 0 Å². The highest BCUT2D eigenvalue weighted by Gasteiger charge is 2.20. The fourth-order valence-electron chi connectivity index (χ4n) is 1.85. The molecular weight excluding hydrogens is 402 g/mol. The summed E-state index contributed by atoms with van der Waals surface area (Å²) in [5, 5.41) is 15.9. The van der Waals surface area contributed by atoms with Gasteiger partial charge in [0.2, 0.25) is 17.7 Å². The summed E-state index contributed by atoms with van der Waals surface area (Å²) >= 11 is 1.18. The van der Waals surface area contributed by atoms with Crippen molar-refractivity contribution in [2.24, 2.45) is 22.2 Å². The van der Waals surface area contributed by atoms with E-state index in [4.69, 9.17) is 28.7 Å². The van der Waals surface area contributed by atoms with Crippen molar-refractivity contribution in [1.29, 1.82) is 0 Å². The molecule has 3 amide bonds. The van der Waals surface area contributed by atoms with Gasteiger partial charge in [0.25, 0.3) is 0 Å². The van der Waals surface area contributed by atoms with Gasteiger partial charge in [0, 0.05) is 12.3 Å². The van der Waals surface area contributed by atoms with Crippen LogP contribution in [0.15, 0.2) is 4.99 Å². The third-order valence-corrected chi connectivity index (χ3v) is 4.22. The van der Waals surface area contributed by atoms with E-state index in [1.165, 1.54) is 11.8 Å². The van der Waals surface area contributed by atoms with Crippen molar-refractivity contribution >= 4 is 41.4 Å². The molecule has 0 fully saturated rings. The number of carboxylic acids is 1. The van der Waals surface area contributed by atoms with Crippen molar-refractivity contribution in [2.45, 2.75) is 24.9 Å². The van der Waals surface area contributed by atoms with Crippen LogP contribution in [0.3, 0.4) is 0 Å². The third-order valence-electron chi connectivity index (χ3n) is 3.28. The predicted molar refractivity (Wildman–Crippen MR) is 110 cm³/mol. The number of carbonyl (C=O) groups excluding carboxylic acids is 3. The first kappa shape index (κ1) is 26.0. The van der Waals surface area contributed by atoms with E-state index >= 15 is 0 Å². The van der Waals surface area contributed by atoms with Crippen LogP contribution in [0.1, 0.15) is 12.8 Å². The molecule has 0 spiro atoms. The summed E-state index contributed by atoms with van der Waals surface area (Å²) in [4.78, 5) is 50.1. The Kier molecular flexibility index (Phi) is 13.5. The van der Waals surface area contributed by atoms with E-state index in [1.54, 1.807) is 0 Å². The van der Waals surface area contributed by atoms with Crippen molar-refractivity contribution < 1.29 is 24.3 Å². The molecule has 10 N–H and O–H groups in total. The van der Waals surface area contributed by atoms with Gasteiger partial charge in [-0.05, 0) is 12.8 Å². The molecule has 0 unspecified atom stereocenters. The number of amides is 3. The summed E-state index contributed by atoms with van der Waals surface area (Å²) in [5.74, 6) is -0.364. The number of nitrogens with zero attached hydrogens (tertiary/aromatic N) is 1. The number of aliphatic imine (C=N–C) groups is 1. The standard InChI is InChI=1S/C16H27N7O5S/c1-2-6-29-9-11(15(27)28)23-13(25)8-21-12(24)7-22-14(26)10(17)4-3-5-20-16(18)19/h1,10-11H,3-9,17H2,(H,21,24)(H,22,26)(H,23,25)(H,27,28)(H4,18,19,20)/t10-,11-/m0/s1. The largest absolute Gasteiger partial charge is 0.480 e. The van der Waals surface area contributed by atoms with Crippen LogP contribution in [-0.2, 0) is 19.2 Å². The highest BCUT2D eigenvalue weighted by Crippen LogP contribution is 2.02. The zero-order valence-corrected chi connectivity index (χ0v) is 16.7. The average molecular weight is 430 g/mol. The number of aliphatic carboxylic acids is 1. The van der Waals surface area contributed by atoms with E-state index in [0.29, 0.717) is 25.1 Å². The van der Waals surface area contributed by atoms with E-state index in [0.717, 1.165) is 0 Å². The summed E-state index contributed by atoms with van der Waals surface area (Å²) in [6.07, 6.45) is 5.89. The number of carbonyl (C=O) groups is 4. The van der Waals surface area contributed by atoms with Crippen LogP contribution >= 0.6 is 11.8 Å².